The van der Waals surface area contributed by atoms with Crippen LogP contribution in [0, 0.1) is 0 Å². The van der Waals surface area contributed by atoms with Crippen LogP contribution in [0.4, 0.5) is 0 Å². The molecule has 0 N–H and O–H groups in total. The van der Waals surface area contributed by atoms with Gasteiger partial charge in [0.15, 0.2) is 0 Å². The normalized spacial score (nSPS) is 16.7. The van der Waals surface area contributed by atoms with Crippen molar-refractivity contribution in [3.63, 3.8) is 0 Å². The van der Waals surface area contributed by atoms with Gasteiger partial charge in [-0.25, -0.2) is 9.97 Å². The summed E-state index contributed by atoms with van der Waals surface area (Å²) in [5.74, 6) is 1.15. The van der Waals surface area contributed by atoms with Gasteiger partial charge in [-0.1, -0.05) is 0 Å². The topological polar surface area (TPSA) is 54.3 Å². The Morgan fingerprint density at radius 3 is 2.87 bits per heavy atom. The molecule has 0 aliphatic carbocycles. The van der Waals surface area contributed by atoms with Gasteiger partial charge in [0.1, 0.15) is 11.5 Å². The number of hydrogen-bond acceptors (Lipinski definition) is 5. The highest BCUT2D eigenvalue weighted by Crippen LogP contribution is 2.14. The summed E-state index contributed by atoms with van der Waals surface area (Å²) in [7, 11) is 0. The second-order valence-electron chi connectivity index (χ2n) is 6.14. The van der Waals surface area contributed by atoms with E-state index >= 15 is 0 Å². The van der Waals surface area contributed by atoms with Crippen LogP contribution < -0.4 is 0 Å². The Kier molecular flexibility index (Phi) is 5.07. The molecule has 1 aliphatic rings. The molecule has 1 fully saturated rings. The molecule has 0 aromatic carbocycles. The summed E-state index contributed by atoms with van der Waals surface area (Å²) in [5, 5.41) is 1.82. The first-order valence-electron chi connectivity index (χ1n) is 8.06. The summed E-state index contributed by atoms with van der Waals surface area (Å²) < 4.78 is 2.21. The highest BCUT2D eigenvalue weighted by molar-refractivity contribution is 7.07. The third kappa shape index (κ3) is 3.79. The van der Waals surface area contributed by atoms with Gasteiger partial charge in [0.2, 0.25) is 0 Å². The summed E-state index contributed by atoms with van der Waals surface area (Å²) >= 11 is 1.46. The third-order valence-corrected chi connectivity index (χ3v) is 4.78. The monoisotopic (exact) mass is 333 g/mol. The van der Waals surface area contributed by atoms with Crippen molar-refractivity contribution in [3.05, 3.63) is 34.8 Å². The molecule has 2 aromatic heterocycles. The zero-order chi connectivity index (χ0) is 16.2. The fraction of sp³-hybridized carbons (Fsp3) is 0.562. The van der Waals surface area contributed by atoms with E-state index < -0.39 is 0 Å². The number of carbonyl (C=O) groups excluding carboxylic acids is 1. The highest BCUT2D eigenvalue weighted by atomic mass is 32.1. The van der Waals surface area contributed by atoms with Crippen LogP contribution in [0.15, 0.2) is 23.3 Å². The number of carbonyl (C=O) groups is 1. The quantitative estimate of drug-likeness (QED) is 0.861. The Morgan fingerprint density at radius 1 is 1.26 bits per heavy atom. The molecule has 0 atom stereocenters. The molecule has 0 unspecified atom stereocenters. The molecule has 0 spiro atoms. The SMILES string of the molecule is CC(C)n1ccnc1CN1CCCN(C(=O)c2cscn2)CC1. The number of amides is 1. The first-order valence-corrected chi connectivity index (χ1v) is 9.01. The largest absolute Gasteiger partial charge is 0.336 e. The molecule has 1 amide bonds. The maximum absolute atomic E-state index is 12.4. The van der Waals surface area contributed by atoms with Crippen molar-refractivity contribution in [2.75, 3.05) is 26.2 Å². The molecular weight excluding hydrogens is 310 g/mol. The van der Waals surface area contributed by atoms with Gasteiger partial charge in [-0.05, 0) is 20.3 Å². The molecule has 3 rings (SSSR count). The van der Waals surface area contributed by atoms with Crippen LogP contribution in [0.2, 0.25) is 0 Å². The van der Waals surface area contributed by atoms with Gasteiger partial charge < -0.3 is 9.47 Å². The molecule has 124 valence electrons. The van der Waals surface area contributed by atoms with Crippen molar-refractivity contribution in [2.45, 2.75) is 32.9 Å². The summed E-state index contributed by atoms with van der Waals surface area (Å²) in [4.78, 5) is 25.3. The van der Waals surface area contributed by atoms with Gasteiger partial charge in [0.25, 0.3) is 5.91 Å². The molecule has 1 aliphatic heterocycles. The van der Waals surface area contributed by atoms with Gasteiger partial charge in [-0.2, -0.15) is 0 Å². The van der Waals surface area contributed by atoms with Crippen molar-refractivity contribution in [1.29, 1.82) is 0 Å². The lowest BCUT2D eigenvalue weighted by molar-refractivity contribution is 0.0756. The average molecular weight is 333 g/mol. The van der Waals surface area contributed by atoms with E-state index in [1.165, 1.54) is 11.3 Å². The standard InChI is InChI=1S/C16H23N5OS/c1-13(2)21-7-4-17-15(21)10-19-5-3-6-20(9-8-19)16(22)14-11-23-12-18-14/h4,7,11-13H,3,5-6,8-10H2,1-2H3. The maximum Gasteiger partial charge on any atom is 0.273 e. The molecule has 23 heavy (non-hydrogen) atoms. The third-order valence-electron chi connectivity index (χ3n) is 4.20. The predicted molar refractivity (Wildman–Crippen MR) is 90.5 cm³/mol. The molecule has 0 bridgehead atoms. The van der Waals surface area contributed by atoms with Gasteiger partial charge in [-0.3, -0.25) is 9.69 Å². The Morgan fingerprint density at radius 2 is 2.13 bits per heavy atom. The smallest absolute Gasteiger partial charge is 0.273 e. The molecular formula is C16H23N5OS. The molecule has 3 heterocycles. The van der Waals surface area contributed by atoms with Gasteiger partial charge in [0.05, 0.1) is 12.1 Å². The molecule has 1 saturated heterocycles. The zero-order valence-corrected chi connectivity index (χ0v) is 14.5. The van der Waals surface area contributed by atoms with Gasteiger partial charge in [0, 0.05) is 50.0 Å². The summed E-state index contributed by atoms with van der Waals surface area (Å²) in [6, 6.07) is 0.419. The van der Waals surface area contributed by atoms with Crippen LogP contribution in [0.3, 0.4) is 0 Å². The van der Waals surface area contributed by atoms with Gasteiger partial charge >= 0.3 is 0 Å². The fourth-order valence-electron chi connectivity index (χ4n) is 2.95. The molecule has 0 saturated carbocycles. The van der Waals surface area contributed by atoms with Crippen molar-refractivity contribution < 1.29 is 4.79 Å². The van der Waals surface area contributed by atoms with Crippen LogP contribution in [0.25, 0.3) is 0 Å². The van der Waals surface area contributed by atoms with Crippen LogP contribution >= 0.6 is 11.3 Å². The van der Waals surface area contributed by atoms with Crippen LogP contribution in [0.1, 0.15) is 42.6 Å². The number of hydrogen-bond donors (Lipinski definition) is 0. The van der Waals surface area contributed by atoms with E-state index in [1.54, 1.807) is 5.51 Å². The van der Waals surface area contributed by atoms with E-state index in [4.69, 9.17) is 0 Å². The first-order chi connectivity index (χ1) is 11.1. The number of imidazole rings is 1. The molecule has 2 aromatic rings. The lowest BCUT2D eigenvalue weighted by Gasteiger charge is -2.22. The number of aromatic nitrogens is 3. The van der Waals surface area contributed by atoms with Crippen LogP contribution in [-0.2, 0) is 6.54 Å². The Bertz CT molecular complexity index is 637. The van der Waals surface area contributed by atoms with Gasteiger partial charge in [-0.15, -0.1) is 11.3 Å². The molecule has 6 nitrogen and oxygen atoms in total. The molecule has 7 heteroatoms. The van der Waals surface area contributed by atoms with E-state index in [2.05, 4.69) is 33.3 Å². The second-order valence-corrected chi connectivity index (χ2v) is 6.86. The minimum atomic E-state index is 0.0526. The summed E-state index contributed by atoms with van der Waals surface area (Å²) in [5.41, 5.74) is 2.28. The summed E-state index contributed by atoms with van der Waals surface area (Å²) in [6.07, 6.45) is 4.89. The highest BCUT2D eigenvalue weighted by Gasteiger charge is 2.22. The molecule has 0 radical (unpaired) electrons. The lowest BCUT2D eigenvalue weighted by atomic mass is 10.3. The Balaban J connectivity index is 1.60. The summed E-state index contributed by atoms with van der Waals surface area (Å²) in [6.45, 7) is 8.59. The van der Waals surface area contributed by atoms with E-state index in [-0.39, 0.29) is 5.91 Å². The minimum Gasteiger partial charge on any atom is -0.336 e. The van der Waals surface area contributed by atoms with E-state index in [1.807, 2.05) is 22.7 Å². The number of thiazole rings is 1. The lowest BCUT2D eigenvalue weighted by Crippen LogP contribution is -2.35. The van der Waals surface area contributed by atoms with Crippen LogP contribution in [-0.4, -0.2) is 56.4 Å². The minimum absolute atomic E-state index is 0.0526. The van der Waals surface area contributed by atoms with Crippen molar-refractivity contribution >= 4 is 17.2 Å². The van der Waals surface area contributed by atoms with E-state index in [9.17, 15) is 4.79 Å². The Labute approximate surface area is 140 Å². The Hall–Kier alpha value is -1.73. The van der Waals surface area contributed by atoms with E-state index in [0.717, 1.165) is 45.0 Å². The van der Waals surface area contributed by atoms with Crippen LogP contribution in [0.5, 0.6) is 0 Å². The van der Waals surface area contributed by atoms with Crippen molar-refractivity contribution in [3.8, 4) is 0 Å². The number of nitrogens with zero attached hydrogens (tertiary/aromatic N) is 5. The van der Waals surface area contributed by atoms with Crippen molar-refractivity contribution in [2.24, 2.45) is 0 Å². The second kappa shape index (κ2) is 7.23. The fourth-order valence-corrected chi connectivity index (χ4v) is 3.47. The van der Waals surface area contributed by atoms with E-state index in [0.29, 0.717) is 11.7 Å². The number of rotatable bonds is 4. The predicted octanol–water partition coefficient (Wildman–Crippen LogP) is 2.27. The maximum atomic E-state index is 12.4. The first kappa shape index (κ1) is 16.1. The zero-order valence-electron chi connectivity index (χ0n) is 13.7. The van der Waals surface area contributed by atoms with Crippen molar-refractivity contribution in [1.82, 2.24) is 24.3 Å². The average Bonchev–Trinajstić information content (AvgIpc) is 3.16.